The van der Waals surface area contributed by atoms with E-state index in [1.165, 1.54) is 0 Å². The number of rotatable bonds is 6. The van der Waals surface area contributed by atoms with Crippen molar-refractivity contribution in [3.8, 4) is 0 Å². The van der Waals surface area contributed by atoms with Gasteiger partial charge < -0.3 is 4.74 Å². The molecule has 0 heterocycles. The number of hydrogen-bond acceptors (Lipinski definition) is 4. The van der Waals surface area contributed by atoms with Gasteiger partial charge in [0.2, 0.25) is 0 Å². The van der Waals surface area contributed by atoms with Crippen LogP contribution in [0.3, 0.4) is 0 Å². The van der Waals surface area contributed by atoms with Gasteiger partial charge in [0.25, 0.3) is 0 Å². The molecule has 5 nitrogen and oxygen atoms in total. The van der Waals surface area contributed by atoms with Crippen LogP contribution in [0.4, 0.5) is 0 Å². The van der Waals surface area contributed by atoms with E-state index in [1.54, 1.807) is 6.92 Å². The first-order valence-corrected chi connectivity index (χ1v) is 4.43. The molecule has 0 aromatic carbocycles. The zero-order valence-electron chi connectivity index (χ0n) is 7.99. The molecule has 0 spiro atoms. The van der Waals surface area contributed by atoms with Gasteiger partial charge in [-0.3, -0.25) is 10.1 Å². The highest BCUT2D eigenvalue weighted by atomic mass is 16.6. The summed E-state index contributed by atoms with van der Waals surface area (Å²) in [5.74, 6) is -0.721. The van der Waals surface area contributed by atoms with E-state index in [1.807, 2.05) is 6.92 Å². The monoisotopic (exact) mass is 189 g/mol. The third-order valence-electron chi connectivity index (χ3n) is 1.64. The van der Waals surface area contributed by atoms with Crippen LogP contribution in [0.15, 0.2) is 0 Å². The van der Waals surface area contributed by atoms with Crippen molar-refractivity contribution in [1.29, 1.82) is 0 Å². The summed E-state index contributed by atoms with van der Waals surface area (Å²) in [5, 5.41) is 10.4. The fraction of sp³-hybridized carbons (Fsp3) is 0.875. The lowest BCUT2D eigenvalue weighted by Gasteiger charge is -2.07. The summed E-state index contributed by atoms with van der Waals surface area (Å²) in [6.07, 6.45) is 1.77. The lowest BCUT2D eigenvalue weighted by molar-refractivity contribution is -0.511. The molecule has 0 fully saturated rings. The van der Waals surface area contributed by atoms with Gasteiger partial charge in [0.05, 0.1) is 6.61 Å². The summed E-state index contributed by atoms with van der Waals surface area (Å²) in [6, 6.07) is -1.18. The van der Waals surface area contributed by atoms with Gasteiger partial charge >= 0.3 is 12.0 Å². The van der Waals surface area contributed by atoms with Crippen LogP contribution in [-0.4, -0.2) is 23.5 Å². The Morgan fingerprint density at radius 1 is 1.54 bits per heavy atom. The van der Waals surface area contributed by atoms with Crippen molar-refractivity contribution in [3.63, 3.8) is 0 Å². The molecular weight excluding hydrogens is 174 g/mol. The number of unbranched alkanes of at least 4 members (excludes halogenated alkanes) is 1. The number of nitrogens with zero attached hydrogens (tertiary/aromatic N) is 1. The minimum Gasteiger partial charge on any atom is -0.461 e. The molecule has 0 aromatic rings. The maximum atomic E-state index is 11.0. The van der Waals surface area contributed by atoms with Crippen molar-refractivity contribution in [2.24, 2.45) is 0 Å². The van der Waals surface area contributed by atoms with E-state index in [2.05, 4.69) is 4.74 Å². The number of hydrogen-bond donors (Lipinski definition) is 0. The van der Waals surface area contributed by atoms with Crippen LogP contribution >= 0.6 is 0 Å². The summed E-state index contributed by atoms with van der Waals surface area (Å²) in [4.78, 5) is 20.9. The van der Waals surface area contributed by atoms with Crippen LogP contribution in [0.25, 0.3) is 0 Å². The molecule has 0 N–H and O–H groups in total. The van der Waals surface area contributed by atoms with E-state index in [0.717, 1.165) is 6.42 Å². The summed E-state index contributed by atoms with van der Waals surface area (Å²) < 4.78 is 4.58. The van der Waals surface area contributed by atoms with Crippen molar-refractivity contribution in [2.75, 3.05) is 6.61 Å². The standard InChI is InChI=1S/C8H15NO4/c1-3-5-6-7(9(11)12)8(10)13-4-2/h7H,3-6H2,1-2H3/t7-/m0/s1. The SMILES string of the molecule is CCCC[C@@H](C(=O)OCC)[N+](=O)[O-]. The normalized spacial score (nSPS) is 12.2. The van der Waals surface area contributed by atoms with Crippen molar-refractivity contribution in [2.45, 2.75) is 39.2 Å². The summed E-state index contributed by atoms with van der Waals surface area (Å²) in [7, 11) is 0. The van der Waals surface area contributed by atoms with Gasteiger partial charge in [0.15, 0.2) is 0 Å². The average molecular weight is 189 g/mol. The van der Waals surface area contributed by atoms with Crippen LogP contribution in [0.5, 0.6) is 0 Å². The van der Waals surface area contributed by atoms with Gasteiger partial charge in [0, 0.05) is 11.3 Å². The third kappa shape index (κ3) is 4.45. The maximum Gasteiger partial charge on any atom is 0.381 e. The molecule has 1 atom stereocenters. The molecule has 5 heteroatoms. The predicted octanol–water partition coefficient (Wildman–Crippen LogP) is 1.39. The van der Waals surface area contributed by atoms with Crippen LogP contribution in [0, 0.1) is 10.1 Å². The Kier molecular flexibility index (Phi) is 5.84. The molecule has 0 aliphatic heterocycles. The Morgan fingerprint density at radius 2 is 2.15 bits per heavy atom. The molecule has 0 radical (unpaired) electrons. The first-order chi connectivity index (χ1) is 6.13. The number of carbonyl (C=O) groups is 1. The zero-order chi connectivity index (χ0) is 10.3. The highest BCUT2D eigenvalue weighted by Gasteiger charge is 2.29. The molecular formula is C8H15NO4. The summed E-state index contributed by atoms with van der Waals surface area (Å²) >= 11 is 0. The highest BCUT2D eigenvalue weighted by Crippen LogP contribution is 2.05. The van der Waals surface area contributed by atoms with Crippen molar-refractivity contribution in [3.05, 3.63) is 10.1 Å². The molecule has 76 valence electrons. The quantitative estimate of drug-likeness (QED) is 0.359. The molecule has 0 aromatic heterocycles. The van der Waals surface area contributed by atoms with Crippen LogP contribution in [0.2, 0.25) is 0 Å². The summed E-state index contributed by atoms with van der Waals surface area (Å²) in [6.45, 7) is 3.74. The second-order valence-electron chi connectivity index (χ2n) is 2.70. The lowest BCUT2D eigenvalue weighted by Crippen LogP contribution is -2.31. The fourth-order valence-corrected chi connectivity index (χ4v) is 0.945. The first kappa shape index (κ1) is 11.9. The van der Waals surface area contributed by atoms with E-state index >= 15 is 0 Å². The van der Waals surface area contributed by atoms with E-state index in [9.17, 15) is 14.9 Å². The molecule has 0 saturated heterocycles. The number of esters is 1. The largest absolute Gasteiger partial charge is 0.461 e. The fourth-order valence-electron chi connectivity index (χ4n) is 0.945. The zero-order valence-corrected chi connectivity index (χ0v) is 7.99. The predicted molar refractivity (Wildman–Crippen MR) is 46.9 cm³/mol. The Balaban J connectivity index is 4.07. The second kappa shape index (κ2) is 6.39. The van der Waals surface area contributed by atoms with Gasteiger partial charge in [-0.25, -0.2) is 4.79 Å². The number of carbonyl (C=O) groups excluding carboxylic acids is 1. The molecule has 0 bridgehead atoms. The van der Waals surface area contributed by atoms with E-state index in [0.29, 0.717) is 6.42 Å². The maximum absolute atomic E-state index is 11.0. The van der Waals surface area contributed by atoms with E-state index < -0.39 is 16.9 Å². The highest BCUT2D eigenvalue weighted by molar-refractivity contribution is 5.74. The van der Waals surface area contributed by atoms with Gasteiger partial charge in [0.1, 0.15) is 0 Å². The summed E-state index contributed by atoms with van der Waals surface area (Å²) in [5.41, 5.74) is 0. The van der Waals surface area contributed by atoms with E-state index in [4.69, 9.17) is 0 Å². The van der Waals surface area contributed by atoms with Gasteiger partial charge in [-0.2, -0.15) is 0 Å². The molecule has 0 saturated carbocycles. The van der Waals surface area contributed by atoms with Crippen LogP contribution < -0.4 is 0 Å². The Morgan fingerprint density at radius 3 is 2.54 bits per heavy atom. The minimum absolute atomic E-state index is 0.190. The van der Waals surface area contributed by atoms with Gasteiger partial charge in [-0.15, -0.1) is 0 Å². The van der Waals surface area contributed by atoms with Crippen molar-refractivity contribution in [1.82, 2.24) is 0 Å². The number of ether oxygens (including phenoxy) is 1. The number of nitro groups is 1. The molecule has 13 heavy (non-hydrogen) atoms. The average Bonchev–Trinajstić information content (AvgIpc) is 2.05. The first-order valence-electron chi connectivity index (χ1n) is 4.43. The molecule has 0 aliphatic rings. The smallest absolute Gasteiger partial charge is 0.381 e. The van der Waals surface area contributed by atoms with Gasteiger partial charge in [-0.1, -0.05) is 13.3 Å². The lowest BCUT2D eigenvalue weighted by atomic mass is 10.1. The van der Waals surface area contributed by atoms with Crippen molar-refractivity contribution >= 4 is 5.97 Å². The Bertz CT molecular complexity index is 181. The minimum atomic E-state index is -1.18. The van der Waals surface area contributed by atoms with Crippen molar-refractivity contribution < 1.29 is 14.5 Å². The van der Waals surface area contributed by atoms with Gasteiger partial charge in [-0.05, 0) is 13.3 Å². The molecule has 0 aliphatic carbocycles. The molecule has 0 amide bonds. The van der Waals surface area contributed by atoms with Crippen LogP contribution in [0.1, 0.15) is 33.1 Å². The Hall–Kier alpha value is -1.13. The van der Waals surface area contributed by atoms with E-state index in [-0.39, 0.29) is 13.0 Å². The van der Waals surface area contributed by atoms with Crippen LogP contribution in [-0.2, 0) is 9.53 Å². The third-order valence-corrected chi connectivity index (χ3v) is 1.64. The topological polar surface area (TPSA) is 69.4 Å². The molecule has 0 unspecified atom stereocenters. The second-order valence-corrected chi connectivity index (χ2v) is 2.70. The molecule has 0 rings (SSSR count). The Labute approximate surface area is 77.2 Å².